The second-order valence-electron chi connectivity index (χ2n) is 4.62. The van der Waals surface area contributed by atoms with E-state index in [2.05, 4.69) is 15.6 Å². The predicted octanol–water partition coefficient (Wildman–Crippen LogP) is 2.19. The van der Waals surface area contributed by atoms with Crippen LogP contribution in [0.2, 0.25) is 0 Å². The zero-order valence-corrected chi connectivity index (χ0v) is 12.2. The molecule has 0 spiro atoms. The first-order valence-corrected chi connectivity index (χ1v) is 7.33. The van der Waals surface area contributed by atoms with Crippen LogP contribution >= 0.6 is 11.3 Å². The minimum Gasteiger partial charge on any atom is -0.494 e. The average molecular weight is 307 g/mol. The number of benzene rings is 1. The summed E-state index contributed by atoms with van der Waals surface area (Å²) >= 11 is 1.45. The number of aromatic nitrogens is 1. The molecule has 21 heavy (non-hydrogen) atoms. The third-order valence-corrected chi connectivity index (χ3v) is 4.25. The van der Waals surface area contributed by atoms with E-state index in [1.807, 2.05) is 0 Å². The van der Waals surface area contributed by atoms with Crippen molar-refractivity contribution in [3.8, 4) is 5.75 Å². The highest BCUT2D eigenvalue weighted by molar-refractivity contribution is 7.15. The van der Waals surface area contributed by atoms with Crippen LogP contribution in [-0.4, -0.2) is 24.5 Å². The number of ether oxygens (including phenoxy) is 1. The normalized spacial score (nSPS) is 13.6. The molecule has 1 amide bonds. The van der Waals surface area contributed by atoms with Gasteiger partial charge < -0.3 is 10.1 Å². The van der Waals surface area contributed by atoms with Crippen molar-refractivity contribution >= 4 is 22.4 Å². The Balaban J connectivity index is 1.76. The Morgan fingerprint density at radius 1 is 1.52 bits per heavy atom. The molecule has 110 valence electrons. The number of hydrogen-bond donors (Lipinski definition) is 2. The number of hydrogen-bond acceptors (Lipinski definition) is 5. The number of anilines is 1. The van der Waals surface area contributed by atoms with Gasteiger partial charge in [0.05, 0.1) is 12.8 Å². The van der Waals surface area contributed by atoms with Crippen molar-refractivity contribution in [2.75, 3.05) is 19.0 Å². The Kier molecular flexibility index (Phi) is 3.85. The maximum atomic E-state index is 13.6. The standard InChI is InChI=1S/C14H14FN3O2S/c1-20-11-3-2-8(6-9(11)15)13(19)18-14-17-10-4-5-16-7-12(10)21-14/h2-3,6,16H,4-5,7H2,1H3,(H,17,18,19). The molecule has 0 unspecified atom stereocenters. The molecule has 2 aromatic rings. The second kappa shape index (κ2) is 5.79. The Hall–Kier alpha value is -1.99. The summed E-state index contributed by atoms with van der Waals surface area (Å²) in [5.74, 6) is -0.828. The van der Waals surface area contributed by atoms with Crippen molar-refractivity contribution in [3.05, 3.63) is 40.2 Å². The van der Waals surface area contributed by atoms with Crippen LogP contribution in [0.25, 0.3) is 0 Å². The largest absolute Gasteiger partial charge is 0.494 e. The molecule has 2 heterocycles. The molecular weight excluding hydrogens is 293 g/mol. The molecule has 1 aliphatic rings. The Morgan fingerprint density at radius 3 is 3.10 bits per heavy atom. The third-order valence-electron chi connectivity index (χ3n) is 3.24. The summed E-state index contributed by atoms with van der Waals surface area (Å²) < 4.78 is 18.4. The maximum Gasteiger partial charge on any atom is 0.257 e. The number of nitrogens with one attached hydrogen (secondary N) is 2. The lowest BCUT2D eigenvalue weighted by molar-refractivity contribution is 0.102. The number of carbonyl (C=O) groups is 1. The van der Waals surface area contributed by atoms with Crippen LogP contribution in [0.3, 0.4) is 0 Å². The molecule has 1 aromatic heterocycles. The topological polar surface area (TPSA) is 63.2 Å². The number of rotatable bonds is 3. The van der Waals surface area contributed by atoms with Crippen molar-refractivity contribution in [3.63, 3.8) is 0 Å². The smallest absolute Gasteiger partial charge is 0.257 e. The van der Waals surface area contributed by atoms with Crippen LogP contribution in [0.1, 0.15) is 20.9 Å². The number of thiazole rings is 1. The van der Waals surface area contributed by atoms with Gasteiger partial charge in [0.2, 0.25) is 0 Å². The molecule has 0 radical (unpaired) electrons. The molecule has 5 nitrogen and oxygen atoms in total. The summed E-state index contributed by atoms with van der Waals surface area (Å²) in [4.78, 5) is 17.6. The van der Waals surface area contributed by atoms with Gasteiger partial charge in [0.15, 0.2) is 16.7 Å². The molecule has 0 fully saturated rings. The van der Waals surface area contributed by atoms with E-state index in [1.165, 1.54) is 30.6 Å². The molecule has 0 bridgehead atoms. The van der Waals surface area contributed by atoms with E-state index in [0.717, 1.165) is 36.1 Å². The summed E-state index contributed by atoms with van der Waals surface area (Å²) in [5.41, 5.74) is 1.26. The molecular formula is C14H14FN3O2S. The van der Waals surface area contributed by atoms with Crippen LogP contribution in [0.4, 0.5) is 9.52 Å². The zero-order valence-electron chi connectivity index (χ0n) is 11.4. The van der Waals surface area contributed by atoms with E-state index in [4.69, 9.17) is 4.74 Å². The summed E-state index contributed by atoms with van der Waals surface area (Å²) in [5, 5.41) is 6.51. The highest BCUT2D eigenvalue weighted by Crippen LogP contribution is 2.26. The quantitative estimate of drug-likeness (QED) is 0.912. The van der Waals surface area contributed by atoms with Gasteiger partial charge in [0.25, 0.3) is 5.91 Å². The van der Waals surface area contributed by atoms with Gasteiger partial charge in [0.1, 0.15) is 0 Å². The Bertz CT molecular complexity index is 663. The van der Waals surface area contributed by atoms with E-state index < -0.39 is 5.82 Å². The average Bonchev–Trinajstić information content (AvgIpc) is 2.89. The SMILES string of the molecule is COc1ccc(C(=O)Nc2nc3c(s2)CNCC3)cc1F. The van der Waals surface area contributed by atoms with Crippen LogP contribution in [0.15, 0.2) is 18.2 Å². The van der Waals surface area contributed by atoms with Gasteiger partial charge >= 0.3 is 0 Å². The summed E-state index contributed by atoms with van der Waals surface area (Å²) in [7, 11) is 1.38. The first-order valence-electron chi connectivity index (χ1n) is 6.51. The van der Waals surface area contributed by atoms with Gasteiger partial charge in [-0.2, -0.15) is 0 Å². The lowest BCUT2D eigenvalue weighted by Gasteiger charge is -2.09. The highest BCUT2D eigenvalue weighted by Gasteiger charge is 2.17. The monoisotopic (exact) mass is 307 g/mol. The number of amides is 1. The molecule has 1 aromatic carbocycles. The first kappa shape index (κ1) is 14.0. The summed E-state index contributed by atoms with van der Waals surface area (Å²) in [6, 6.07) is 4.11. The van der Waals surface area contributed by atoms with Gasteiger partial charge in [-0.15, -0.1) is 11.3 Å². The lowest BCUT2D eigenvalue weighted by Crippen LogP contribution is -2.22. The van der Waals surface area contributed by atoms with Gasteiger partial charge in [0, 0.05) is 30.0 Å². The van der Waals surface area contributed by atoms with Gasteiger partial charge in [-0.25, -0.2) is 9.37 Å². The number of carbonyl (C=O) groups excluding carboxylic acids is 1. The predicted molar refractivity (Wildman–Crippen MR) is 78.4 cm³/mol. The van der Waals surface area contributed by atoms with Crippen molar-refractivity contribution < 1.29 is 13.9 Å². The Labute approximate surface area is 125 Å². The van der Waals surface area contributed by atoms with Crippen molar-refractivity contribution in [1.29, 1.82) is 0 Å². The fourth-order valence-electron chi connectivity index (χ4n) is 2.16. The van der Waals surface area contributed by atoms with Gasteiger partial charge in [-0.05, 0) is 18.2 Å². The molecule has 0 saturated carbocycles. The fourth-order valence-corrected chi connectivity index (χ4v) is 3.13. The number of methoxy groups -OCH3 is 1. The second-order valence-corrected chi connectivity index (χ2v) is 5.70. The third kappa shape index (κ3) is 2.88. The van der Waals surface area contributed by atoms with Crippen LogP contribution in [-0.2, 0) is 13.0 Å². The van der Waals surface area contributed by atoms with E-state index in [9.17, 15) is 9.18 Å². The summed E-state index contributed by atoms with van der Waals surface area (Å²) in [6.07, 6.45) is 0.860. The van der Waals surface area contributed by atoms with E-state index >= 15 is 0 Å². The van der Waals surface area contributed by atoms with E-state index in [0.29, 0.717) is 5.13 Å². The minimum atomic E-state index is -0.562. The molecule has 2 N–H and O–H groups in total. The number of nitrogens with zero attached hydrogens (tertiary/aromatic N) is 1. The van der Waals surface area contributed by atoms with Crippen LogP contribution in [0.5, 0.6) is 5.75 Å². The highest BCUT2D eigenvalue weighted by atomic mass is 32.1. The summed E-state index contributed by atoms with van der Waals surface area (Å²) in [6.45, 7) is 1.67. The van der Waals surface area contributed by atoms with Crippen LogP contribution < -0.4 is 15.4 Å². The molecule has 0 atom stereocenters. The maximum absolute atomic E-state index is 13.6. The molecule has 3 rings (SSSR count). The zero-order chi connectivity index (χ0) is 14.8. The first-order chi connectivity index (χ1) is 10.2. The van der Waals surface area contributed by atoms with Crippen molar-refractivity contribution in [2.45, 2.75) is 13.0 Å². The minimum absolute atomic E-state index is 0.113. The van der Waals surface area contributed by atoms with Crippen molar-refractivity contribution in [2.24, 2.45) is 0 Å². The van der Waals surface area contributed by atoms with Crippen LogP contribution in [0, 0.1) is 5.82 Å². The fraction of sp³-hybridized carbons (Fsp3) is 0.286. The van der Waals surface area contributed by atoms with Gasteiger partial charge in [-0.3, -0.25) is 10.1 Å². The number of halogens is 1. The van der Waals surface area contributed by atoms with E-state index in [-0.39, 0.29) is 17.2 Å². The van der Waals surface area contributed by atoms with Crippen molar-refractivity contribution in [1.82, 2.24) is 10.3 Å². The molecule has 1 aliphatic heterocycles. The molecule has 0 aliphatic carbocycles. The molecule has 0 saturated heterocycles. The van der Waals surface area contributed by atoms with E-state index in [1.54, 1.807) is 0 Å². The van der Waals surface area contributed by atoms with Gasteiger partial charge in [-0.1, -0.05) is 0 Å². The Morgan fingerprint density at radius 2 is 2.38 bits per heavy atom. The molecule has 7 heteroatoms. The number of fused-ring (bicyclic) bond motifs is 1. The lowest BCUT2D eigenvalue weighted by atomic mass is 10.2.